The minimum absolute atomic E-state index is 0.0157. The van der Waals surface area contributed by atoms with Crippen LogP contribution in [-0.2, 0) is 21.4 Å². The van der Waals surface area contributed by atoms with E-state index in [4.69, 9.17) is 4.74 Å². The number of nitrogens with zero attached hydrogens (tertiary/aromatic N) is 1. The number of rotatable bonds is 8. The number of hydrogen-bond acceptors (Lipinski definition) is 4. The quantitative estimate of drug-likeness (QED) is 0.746. The molecule has 0 aliphatic heterocycles. The van der Waals surface area contributed by atoms with E-state index < -0.39 is 15.8 Å². The average Bonchev–Trinajstić information content (AvgIpc) is 2.61. The molecule has 0 spiro atoms. The molecule has 0 heterocycles. The molecule has 27 heavy (non-hydrogen) atoms. The summed E-state index contributed by atoms with van der Waals surface area (Å²) < 4.78 is 46.4. The Morgan fingerprint density at radius 3 is 2.52 bits per heavy atom. The van der Waals surface area contributed by atoms with Crippen LogP contribution < -0.4 is 9.46 Å². The summed E-state index contributed by atoms with van der Waals surface area (Å²) in [5, 5.41) is 0. The Kier molecular flexibility index (Phi) is 6.92. The molecule has 2 aromatic carbocycles. The first kappa shape index (κ1) is 20.9. The number of methoxy groups -OCH3 is 1. The van der Waals surface area contributed by atoms with E-state index in [-0.39, 0.29) is 30.4 Å². The topological polar surface area (TPSA) is 75.7 Å². The fraction of sp³-hybridized carbons (Fsp3) is 0.316. The van der Waals surface area contributed by atoms with Crippen LogP contribution in [0.4, 0.5) is 4.39 Å². The minimum atomic E-state index is -3.74. The van der Waals surface area contributed by atoms with Crippen molar-refractivity contribution < 1.29 is 22.3 Å². The number of carbonyl (C=O) groups is 1. The standard InChI is InChI=1S/C19H23FN2O4S/c1-14-12-17(26-3)8-9-19(14)27(24,25)21-10-11-22(15(2)23)13-16-6-4-5-7-18(16)20/h4-9,12,21H,10-11,13H2,1-3H3. The van der Waals surface area contributed by atoms with Crippen molar-refractivity contribution >= 4 is 15.9 Å². The number of carbonyl (C=O) groups excluding carboxylic acids is 1. The van der Waals surface area contributed by atoms with Gasteiger partial charge in [-0.15, -0.1) is 0 Å². The summed E-state index contributed by atoms with van der Waals surface area (Å²) in [7, 11) is -2.23. The van der Waals surface area contributed by atoms with E-state index in [2.05, 4.69) is 4.72 Å². The maximum Gasteiger partial charge on any atom is 0.240 e. The Morgan fingerprint density at radius 1 is 1.22 bits per heavy atom. The van der Waals surface area contributed by atoms with Gasteiger partial charge in [0.25, 0.3) is 0 Å². The number of benzene rings is 2. The molecule has 0 fully saturated rings. The maximum absolute atomic E-state index is 13.8. The molecule has 0 bridgehead atoms. The molecule has 0 unspecified atom stereocenters. The molecule has 146 valence electrons. The van der Waals surface area contributed by atoms with E-state index in [0.717, 1.165) is 0 Å². The van der Waals surface area contributed by atoms with Crippen LogP contribution in [0.2, 0.25) is 0 Å². The summed E-state index contributed by atoms with van der Waals surface area (Å²) in [5.74, 6) is -0.102. The smallest absolute Gasteiger partial charge is 0.240 e. The van der Waals surface area contributed by atoms with Crippen LogP contribution in [0.3, 0.4) is 0 Å². The Labute approximate surface area is 159 Å². The number of sulfonamides is 1. The monoisotopic (exact) mass is 394 g/mol. The Morgan fingerprint density at radius 2 is 1.93 bits per heavy atom. The van der Waals surface area contributed by atoms with Gasteiger partial charge in [0.2, 0.25) is 15.9 Å². The number of halogens is 1. The summed E-state index contributed by atoms with van der Waals surface area (Å²) in [6.45, 7) is 3.26. The molecular weight excluding hydrogens is 371 g/mol. The fourth-order valence-electron chi connectivity index (χ4n) is 2.62. The van der Waals surface area contributed by atoms with E-state index >= 15 is 0 Å². The van der Waals surface area contributed by atoms with E-state index in [1.165, 1.54) is 31.1 Å². The van der Waals surface area contributed by atoms with Gasteiger partial charge in [0.1, 0.15) is 11.6 Å². The fourth-order valence-corrected chi connectivity index (χ4v) is 3.87. The lowest BCUT2D eigenvalue weighted by atomic mass is 10.2. The summed E-state index contributed by atoms with van der Waals surface area (Å²) in [6.07, 6.45) is 0. The highest BCUT2D eigenvalue weighted by molar-refractivity contribution is 7.89. The van der Waals surface area contributed by atoms with Gasteiger partial charge in [0.15, 0.2) is 0 Å². The van der Waals surface area contributed by atoms with Crippen LogP contribution in [0.5, 0.6) is 5.75 Å². The van der Waals surface area contributed by atoms with Gasteiger partial charge in [-0.25, -0.2) is 17.5 Å². The molecule has 0 radical (unpaired) electrons. The van der Waals surface area contributed by atoms with Crippen LogP contribution >= 0.6 is 0 Å². The van der Waals surface area contributed by atoms with Gasteiger partial charge in [-0.1, -0.05) is 18.2 Å². The molecule has 0 aliphatic rings. The lowest BCUT2D eigenvalue weighted by molar-refractivity contribution is -0.129. The molecule has 0 saturated heterocycles. The van der Waals surface area contributed by atoms with Gasteiger partial charge in [-0.2, -0.15) is 0 Å². The third-order valence-corrected chi connectivity index (χ3v) is 5.73. The van der Waals surface area contributed by atoms with E-state index in [0.29, 0.717) is 16.9 Å². The number of amides is 1. The lowest BCUT2D eigenvalue weighted by Gasteiger charge is -2.22. The Balaban J connectivity index is 2.03. The van der Waals surface area contributed by atoms with Gasteiger partial charge < -0.3 is 9.64 Å². The molecular formula is C19H23FN2O4S. The maximum atomic E-state index is 13.8. The van der Waals surface area contributed by atoms with Crippen molar-refractivity contribution in [3.8, 4) is 5.75 Å². The first-order valence-electron chi connectivity index (χ1n) is 8.38. The molecule has 6 nitrogen and oxygen atoms in total. The van der Waals surface area contributed by atoms with Gasteiger partial charge in [-0.05, 0) is 36.8 Å². The van der Waals surface area contributed by atoms with Gasteiger partial charge >= 0.3 is 0 Å². The highest BCUT2D eigenvalue weighted by atomic mass is 32.2. The molecule has 0 aliphatic carbocycles. The van der Waals surface area contributed by atoms with Crippen LogP contribution in [0.15, 0.2) is 47.4 Å². The third-order valence-electron chi connectivity index (χ3n) is 4.11. The van der Waals surface area contributed by atoms with Crippen molar-refractivity contribution in [2.45, 2.75) is 25.3 Å². The molecule has 1 amide bonds. The van der Waals surface area contributed by atoms with E-state index in [9.17, 15) is 17.6 Å². The first-order chi connectivity index (χ1) is 12.7. The lowest BCUT2D eigenvalue weighted by Crippen LogP contribution is -2.37. The summed E-state index contributed by atoms with van der Waals surface area (Å²) in [4.78, 5) is 13.4. The van der Waals surface area contributed by atoms with Gasteiger partial charge in [0.05, 0.1) is 12.0 Å². The normalized spacial score (nSPS) is 11.3. The third kappa shape index (κ3) is 5.51. The van der Waals surface area contributed by atoms with Crippen molar-refractivity contribution in [2.24, 2.45) is 0 Å². The van der Waals surface area contributed by atoms with Crippen molar-refractivity contribution in [3.05, 3.63) is 59.4 Å². The number of aryl methyl sites for hydroxylation is 1. The van der Waals surface area contributed by atoms with Crippen LogP contribution in [0.25, 0.3) is 0 Å². The van der Waals surface area contributed by atoms with E-state index in [1.54, 1.807) is 37.3 Å². The van der Waals surface area contributed by atoms with Crippen LogP contribution in [-0.4, -0.2) is 39.4 Å². The van der Waals surface area contributed by atoms with Crippen LogP contribution in [0, 0.1) is 12.7 Å². The SMILES string of the molecule is COc1ccc(S(=O)(=O)NCCN(Cc2ccccc2F)C(C)=O)c(C)c1. The zero-order valence-electron chi connectivity index (χ0n) is 15.5. The van der Waals surface area contributed by atoms with Crippen molar-refractivity contribution in [3.63, 3.8) is 0 Å². The Hall–Kier alpha value is -2.45. The Bertz CT molecular complexity index is 916. The molecule has 2 aromatic rings. The van der Waals surface area contributed by atoms with Crippen molar-refractivity contribution in [2.75, 3.05) is 20.2 Å². The molecule has 8 heteroatoms. The number of hydrogen-bond donors (Lipinski definition) is 1. The molecule has 2 rings (SSSR count). The second-order valence-electron chi connectivity index (χ2n) is 6.06. The predicted molar refractivity (Wildman–Crippen MR) is 100 cm³/mol. The molecule has 0 aromatic heterocycles. The van der Waals surface area contributed by atoms with Crippen LogP contribution in [0.1, 0.15) is 18.1 Å². The van der Waals surface area contributed by atoms with Gasteiger partial charge in [0, 0.05) is 32.1 Å². The minimum Gasteiger partial charge on any atom is -0.497 e. The predicted octanol–water partition coefficient (Wildman–Crippen LogP) is 2.47. The second kappa shape index (κ2) is 8.96. The summed E-state index contributed by atoms with van der Waals surface area (Å²) >= 11 is 0. The highest BCUT2D eigenvalue weighted by Crippen LogP contribution is 2.20. The number of ether oxygens (including phenoxy) is 1. The van der Waals surface area contributed by atoms with E-state index in [1.807, 2.05) is 0 Å². The first-order valence-corrected chi connectivity index (χ1v) is 9.86. The molecule has 0 atom stereocenters. The molecule has 0 saturated carbocycles. The largest absolute Gasteiger partial charge is 0.497 e. The summed E-state index contributed by atoms with van der Waals surface area (Å²) in [6, 6.07) is 10.8. The van der Waals surface area contributed by atoms with Crippen molar-refractivity contribution in [1.29, 1.82) is 0 Å². The summed E-state index contributed by atoms with van der Waals surface area (Å²) in [5.41, 5.74) is 0.929. The second-order valence-corrected chi connectivity index (χ2v) is 7.80. The van der Waals surface area contributed by atoms with Gasteiger partial charge in [-0.3, -0.25) is 4.79 Å². The number of nitrogens with one attached hydrogen (secondary N) is 1. The average molecular weight is 394 g/mol. The highest BCUT2D eigenvalue weighted by Gasteiger charge is 2.18. The zero-order valence-corrected chi connectivity index (χ0v) is 16.3. The molecule has 1 N–H and O–H groups in total. The van der Waals surface area contributed by atoms with Crippen molar-refractivity contribution in [1.82, 2.24) is 9.62 Å². The zero-order chi connectivity index (χ0) is 20.0.